The number of nitrogens with zero attached hydrogens (tertiary/aromatic N) is 2. The summed E-state index contributed by atoms with van der Waals surface area (Å²) in [6.07, 6.45) is -7.19. The number of halogens is 17. The van der Waals surface area contributed by atoms with E-state index in [0.29, 0.717) is 13.0 Å². The van der Waals surface area contributed by atoms with Crippen molar-refractivity contribution in [1.82, 2.24) is 9.80 Å². The minimum absolute atomic E-state index is 0.189. The van der Waals surface area contributed by atoms with Crippen molar-refractivity contribution in [2.24, 2.45) is 0 Å². The summed E-state index contributed by atoms with van der Waals surface area (Å²) in [5, 5.41) is 0. The lowest BCUT2D eigenvalue weighted by Crippen LogP contribution is -2.75. The standard InChI is InChI=1S/C16H13F17N2O/c17-9(18,8(36)35-5-4-34-3-1-2-7(34)6-35)10(19,20)11(21,22)12(23,24)13(25,26)14(27,28)15(29,30)16(31,32)33/h7H,1-6H2. The molecule has 0 bridgehead atoms. The molecule has 0 spiro atoms. The van der Waals surface area contributed by atoms with Gasteiger partial charge in [0.1, 0.15) is 0 Å². The fourth-order valence-corrected chi connectivity index (χ4v) is 3.67. The first-order valence-electron chi connectivity index (χ1n) is 9.48. The average Bonchev–Trinajstić information content (AvgIpc) is 3.19. The maximum atomic E-state index is 14.1. The Bertz CT molecular complexity index is 852. The SMILES string of the molecule is O=C(N1CCN2CCCC2C1)C(F)(F)C(F)(F)C(F)(F)C(F)(F)C(F)(F)C(F)(F)C(F)(F)C(F)(F)F. The fraction of sp³-hybridized carbons (Fsp3) is 0.938. The molecule has 2 aliphatic heterocycles. The molecule has 212 valence electrons. The van der Waals surface area contributed by atoms with Gasteiger partial charge in [0.05, 0.1) is 0 Å². The average molecular weight is 572 g/mol. The molecule has 0 aromatic rings. The van der Waals surface area contributed by atoms with Crippen LogP contribution in [0.25, 0.3) is 0 Å². The molecule has 1 amide bonds. The van der Waals surface area contributed by atoms with Crippen LogP contribution in [-0.2, 0) is 4.79 Å². The van der Waals surface area contributed by atoms with E-state index in [1.54, 1.807) is 4.90 Å². The van der Waals surface area contributed by atoms with Crippen LogP contribution in [0.1, 0.15) is 12.8 Å². The monoisotopic (exact) mass is 572 g/mol. The van der Waals surface area contributed by atoms with E-state index in [1.165, 1.54) is 0 Å². The molecule has 2 rings (SSSR count). The van der Waals surface area contributed by atoms with E-state index < -0.39 is 72.7 Å². The molecule has 0 aliphatic carbocycles. The molecule has 3 nitrogen and oxygen atoms in total. The summed E-state index contributed by atoms with van der Waals surface area (Å²) in [5.41, 5.74) is 0. The third-order valence-electron chi connectivity index (χ3n) is 5.87. The number of hydrogen-bond donors (Lipinski definition) is 0. The summed E-state index contributed by atoms with van der Waals surface area (Å²) in [7, 11) is 0. The van der Waals surface area contributed by atoms with Gasteiger partial charge < -0.3 is 4.90 Å². The van der Waals surface area contributed by atoms with Crippen molar-refractivity contribution in [1.29, 1.82) is 0 Å². The number of fused-ring (bicyclic) bond motifs is 1. The molecule has 2 saturated heterocycles. The van der Waals surface area contributed by atoms with Gasteiger partial charge in [-0.15, -0.1) is 0 Å². The lowest BCUT2D eigenvalue weighted by molar-refractivity contribution is -0.459. The second kappa shape index (κ2) is 8.37. The summed E-state index contributed by atoms with van der Waals surface area (Å²) in [5.74, 6) is -61.0. The van der Waals surface area contributed by atoms with Crippen LogP contribution in [-0.4, -0.2) is 95.6 Å². The van der Waals surface area contributed by atoms with Gasteiger partial charge in [0.25, 0.3) is 5.91 Å². The molecule has 2 fully saturated rings. The van der Waals surface area contributed by atoms with Crippen LogP contribution in [0, 0.1) is 0 Å². The molecule has 0 radical (unpaired) electrons. The fourth-order valence-electron chi connectivity index (χ4n) is 3.67. The molecule has 0 N–H and O–H groups in total. The van der Waals surface area contributed by atoms with E-state index in [-0.39, 0.29) is 17.9 Å². The van der Waals surface area contributed by atoms with Crippen molar-refractivity contribution in [3.05, 3.63) is 0 Å². The Hall–Kier alpha value is -1.76. The molecule has 0 aromatic heterocycles. The first-order valence-corrected chi connectivity index (χ1v) is 9.48. The maximum Gasteiger partial charge on any atom is 0.460 e. The highest BCUT2D eigenvalue weighted by molar-refractivity contribution is 5.85. The van der Waals surface area contributed by atoms with Gasteiger partial charge in [0, 0.05) is 25.7 Å². The number of carbonyl (C=O) groups is 1. The van der Waals surface area contributed by atoms with Crippen molar-refractivity contribution in [3.8, 4) is 0 Å². The number of rotatable bonds is 7. The van der Waals surface area contributed by atoms with Crippen molar-refractivity contribution in [2.75, 3.05) is 26.2 Å². The van der Waals surface area contributed by atoms with Crippen LogP contribution in [0.2, 0.25) is 0 Å². The molecule has 2 heterocycles. The highest BCUT2D eigenvalue weighted by Gasteiger charge is 2.95. The second-order valence-electron chi connectivity index (χ2n) is 8.10. The second-order valence-corrected chi connectivity index (χ2v) is 8.10. The van der Waals surface area contributed by atoms with Gasteiger partial charge in [-0.1, -0.05) is 0 Å². The van der Waals surface area contributed by atoms with Gasteiger partial charge in [0.2, 0.25) is 0 Å². The predicted octanol–water partition coefficient (Wildman–Crippen LogP) is 5.30. The normalized spacial score (nSPS) is 22.1. The van der Waals surface area contributed by atoms with Crippen LogP contribution in [0.15, 0.2) is 0 Å². The maximum absolute atomic E-state index is 14.1. The Labute approximate surface area is 189 Å². The zero-order chi connectivity index (χ0) is 28.6. The van der Waals surface area contributed by atoms with E-state index in [2.05, 4.69) is 0 Å². The molecule has 20 heteroatoms. The van der Waals surface area contributed by atoms with Gasteiger partial charge in [0.15, 0.2) is 0 Å². The third-order valence-corrected chi connectivity index (χ3v) is 5.87. The molecule has 36 heavy (non-hydrogen) atoms. The van der Waals surface area contributed by atoms with Gasteiger partial charge in [-0.2, -0.15) is 74.6 Å². The van der Waals surface area contributed by atoms with Crippen molar-refractivity contribution >= 4 is 5.91 Å². The third kappa shape index (κ3) is 3.86. The zero-order valence-corrected chi connectivity index (χ0v) is 17.0. The topological polar surface area (TPSA) is 23.6 Å². The first kappa shape index (κ1) is 30.5. The van der Waals surface area contributed by atoms with Gasteiger partial charge >= 0.3 is 47.6 Å². The zero-order valence-electron chi connectivity index (χ0n) is 17.0. The number of carbonyl (C=O) groups excluding carboxylic acids is 1. The summed E-state index contributed by atoms with van der Waals surface area (Å²) in [6, 6.07) is -0.762. The van der Waals surface area contributed by atoms with E-state index in [1.807, 2.05) is 0 Å². The highest BCUT2D eigenvalue weighted by atomic mass is 19.4. The first-order chi connectivity index (χ1) is 15.7. The molecule has 1 atom stereocenters. The highest BCUT2D eigenvalue weighted by Crippen LogP contribution is 2.64. The lowest BCUT2D eigenvalue weighted by atomic mass is 9.88. The molecule has 2 aliphatic rings. The van der Waals surface area contributed by atoms with E-state index >= 15 is 0 Å². The van der Waals surface area contributed by atoms with E-state index in [0.717, 1.165) is 0 Å². The largest absolute Gasteiger partial charge is 0.460 e. The molecular weight excluding hydrogens is 559 g/mol. The Morgan fingerprint density at radius 1 is 0.556 bits per heavy atom. The molecular formula is C16H13F17N2O. The smallest absolute Gasteiger partial charge is 0.334 e. The van der Waals surface area contributed by atoms with Crippen LogP contribution in [0.5, 0.6) is 0 Å². The predicted molar refractivity (Wildman–Crippen MR) is 81.9 cm³/mol. The van der Waals surface area contributed by atoms with Crippen molar-refractivity contribution < 1.29 is 79.4 Å². The molecule has 0 aromatic carbocycles. The lowest BCUT2D eigenvalue weighted by Gasteiger charge is -2.44. The van der Waals surface area contributed by atoms with E-state index in [4.69, 9.17) is 0 Å². The van der Waals surface area contributed by atoms with Crippen molar-refractivity contribution in [3.63, 3.8) is 0 Å². The summed E-state index contributed by atoms with van der Waals surface area (Å²) in [4.78, 5) is 13.2. The van der Waals surface area contributed by atoms with Gasteiger partial charge in [-0.05, 0) is 19.4 Å². The minimum atomic E-state index is -8.71. The summed E-state index contributed by atoms with van der Waals surface area (Å²) >= 11 is 0. The van der Waals surface area contributed by atoms with Crippen LogP contribution in [0.4, 0.5) is 74.6 Å². The van der Waals surface area contributed by atoms with Crippen molar-refractivity contribution in [2.45, 2.75) is 66.5 Å². The number of alkyl halides is 17. The molecule has 0 saturated carbocycles. The van der Waals surface area contributed by atoms with Gasteiger partial charge in [-0.3, -0.25) is 9.69 Å². The number of piperazine rings is 1. The summed E-state index contributed by atoms with van der Waals surface area (Å²) < 4.78 is 226. The Morgan fingerprint density at radius 2 is 0.972 bits per heavy atom. The summed E-state index contributed by atoms with van der Waals surface area (Å²) in [6.45, 7) is -1.63. The molecule has 1 unspecified atom stereocenters. The number of hydrogen-bond acceptors (Lipinski definition) is 2. The Kier molecular flexibility index (Phi) is 7.08. The van der Waals surface area contributed by atoms with E-state index in [9.17, 15) is 79.4 Å². The van der Waals surface area contributed by atoms with Gasteiger partial charge in [-0.25, -0.2) is 0 Å². The number of amides is 1. The Balaban J connectivity index is 2.48. The quantitative estimate of drug-likeness (QED) is 0.387. The van der Waals surface area contributed by atoms with Crippen LogP contribution in [0.3, 0.4) is 0 Å². The van der Waals surface area contributed by atoms with Crippen LogP contribution < -0.4 is 0 Å². The Morgan fingerprint density at radius 3 is 1.42 bits per heavy atom. The minimum Gasteiger partial charge on any atom is -0.334 e. The van der Waals surface area contributed by atoms with Crippen LogP contribution >= 0.6 is 0 Å².